The first kappa shape index (κ1) is 15.5. The van der Waals surface area contributed by atoms with Gasteiger partial charge in [0.05, 0.1) is 0 Å². The summed E-state index contributed by atoms with van der Waals surface area (Å²) in [4.78, 5) is 24.8. The second-order valence-corrected chi connectivity index (χ2v) is 6.47. The topological polar surface area (TPSA) is 58.6 Å². The molecule has 0 N–H and O–H groups in total. The Morgan fingerprint density at radius 1 is 1.38 bits per heavy atom. The molecule has 1 saturated heterocycles. The molecule has 0 spiro atoms. The van der Waals surface area contributed by atoms with Crippen LogP contribution in [0.4, 0.5) is 10.7 Å². The van der Waals surface area contributed by atoms with E-state index in [0.717, 1.165) is 11.6 Å². The normalized spacial score (nSPS) is 19.6. The van der Waals surface area contributed by atoms with Crippen LogP contribution in [-0.2, 0) is 4.74 Å². The van der Waals surface area contributed by atoms with Crippen LogP contribution in [0.25, 0.3) is 0 Å². The van der Waals surface area contributed by atoms with Gasteiger partial charge in [-0.15, -0.1) is 0 Å². The van der Waals surface area contributed by atoms with Crippen molar-refractivity contribution in [1.82, 2.24) is 14.9 Å². The zero-order valence-electron chi connectivity index (χ0n) is 13.5. The van der Waals surface area contributed by atoms with E-state index in [9.17, 15) is 4.79 Å². The lowest BCUT2D eigenvalue weighted by atomic mass is 10.2. The van der Waals surface area contributed by atoms with Gasteiger partial charge < -0.3 is 14.5 Å². The smallest absolute Gasteiger partial charge is 0.410 e. The molecule has 0 aromatic carbocycles. The first-order valence-corrected chi connectivity index (χ1v) is 7.30. The highest BCUT2D eigenvalue weighted by Gasteiger charge is 2.30. The molecule has 1 aromatic rings. The van der Waals surface area contributed by atoms with Crippen molar-refractivity contribution in [1.29, 1.82) is 0 Å². The molecule has 1 atom stereocenters. The Morgan fingerprint density at radius 2 is 2.10 bits per heavy atom. The van der Waals surface area contributed by atoms with E-state index in [1.165, 1.54) is 0 Å². The van der Waals surface area contributed by atoms with Gasteiger partial charge in [0, 0.05) is 37.6 Å². The standard InChI is InChI=1S/C15H24N4O2/c1-11-6-7-16-13(17-11)19-9-8-18(10-12(19)2)14(20)21-15(3,4)5/h6-7,12H,8-10H2,1-5H3. The molecule has 0 radical (unpaired) electrons. The molecular formula is C15H24N4O2. The van der Waals surface area contributed by atoms with E-state index in [1.807, 2.05) is 33.8 Å². The number of piperazine rings is 1. The number of aromatic nitrogens is 2. The van der Waals surface area contributed by atoms with E-state index < -0.39 is 5.60 Å². The lowest BCUT2D eigenvalue weighted by Gasteiger charge is -2.40. The number of ether oxygens (including phenoxy) is 1. The maximum absolute atomic E-state index is 12.1. The molecule has 0 aliphatic carbocycles. The minimum Gasteiger partial charge on any atom is -0.444 e. The summed E-state index contributed by atoms with van der Waals surface area (Å²) in [6.45, 7) is 11.6. The van der Waals surface area contributed by atoms with Gasteiger partial charge in [0.25, 0.3) is 0 Å². The molecule has 1 amide bonds. The van der Waals surface area contributed by atoms with E-state index in [0.29, 0.717) is 19.6 Å². The van der Waals surface area contributed by atoms with Crippen molar-refractivity contribution in [2.75, 3.05) is 24.5 Å². The maximum Gasteiger partial charge on any atom is 0.410 e. The Labute approximate surface area is 126 Å². The number of aryl methyl sites for hydroxylation is 1. The number of nitrogens with zero attached hydrogens (tertiary/aromatic N) is 4. The van der Waals surface area contributed by atoms with Gasteiger partial charge >= 0.3 is 6.09 Å². The molecule has 6 heteroatoms. The van der Waals surface area contributed by atoms with Crippen molar-refractivity contribution >= 4 is 12.0 Å². The maximum atomic E-state index is 12.1. The fourth-order valence-electron chi connectivity index (χ4n) is 2.32. The summed E-state index contributed by atoms with van der Waals surface area (Å²) >= 11 is 0. The van der Waals surface area contributed by atoms with Gasteiger partial charge in [0.2, 0.25) is 5.95 Å². The Balaban J connectivity index is 2.01. The molecule has 2 heterocycles. The highest BCUT2D eigenvalue weighted by atomic mass is 16.6. The summed E-state index contributed by atoms with van der Waals surface area (Å²) in [5.41, 5.74) is 0.485. The molecular weight excluding hydrogens is 268 g/mol. The van der Waals surface area contributed by atoms with Crippen LogP contribution >= 0.6 is 0 Å². The zero-order chi connectivity index (χ0) is 15.6. The van der Waals surface area contributed by atoms with Crippen molar-refractivity contribution < 1.29 is 9.53 Å². The van der Waals surface area contributed by atoms with E-state index in [-0.39, 0.29) is 12.1 Å². The van der Waals surface area contributed by atoms with Crippen molar-refractivity contribution in [2.45, 2.75) is 46.3 Å². The molecule has 1 aliphatic rings. The lowest BCUT2D eigenvalue weighted by Crippen LogP contribution is -2.55. The number of amides is 1. The van der Waals surface area contributed by atoms with Crippen LogP contribution in [0.5, 0.6) is 0 Å². The second-order valence-electron chi connectivity index (χ2n) is 6.47. The number of rotatable bonds is 1. The summed E-state index contributed by atoms with van der Waals surface area (Å²) in [5, 5.41) is 0. The molecule has 0 saturated carbocycles. The minimum atomic E-state index is -0.461. The summed E-state index contributed by atoms with van der Waals surface area (Å²) in [6.07, 6.45) is 1.52. The molecule has 2 rings (SSSR count). The summed E-state index contributed by atoms with van der Waals surface area (Å²) < 4.78 is 5.42. The Morgan fingerprint density at radius 3 is 2.67 bits per heavy atom. The van der Waals surface area contributed by atoms with Crippen LogP contribution in [0.15, 0.2) is 12.3 Å². The molecule has 1 unspecified atom stereocenters. The predicted octanol–water partition coefficient (Wildman–Crippen LogP) is 2.23. The van der Waals surface area contributed by atoms with Gasteiger partial charge in [0.1, 0.15) is 5.60 Å². The van der Waals surface area contributed by atoms with Crippen LogP contribution < -0.4 is 4.90 Å². The summed E-state index contributed by atoms with van der Waals surface area (Å²) in [7, 11) is 0. The fourth-order valence-corrected chi connectivity index (χ4v) is 2.32. The van der Waals surface area contributed by atoms with Crippen molar-refractivity contribution in [2.24, 2.45) is 0 Å². The number of carbonyl (C=O) groups excluding carboxylic acids is 1. The van der Waals surface area contributed by atoms with Gasteiger partial charge in [-0.3, -0.25) is 0 Å². The van der Waals surface area contributed by atoms with Gasteiger partial charge in [-0.1, -0.05) is 0 Å². The molecule has 116 valence electrons. The first-order valence-electron chi connectivity index (χ1n) is 7.30. The first-order chi connectivity index (χ1) is 9.76. The molecule has 0 bridgehead atoms. The zero-order valence-corrected chi connectivity index (χ0v) is 13.5. The number of hydrogen-bond acceptors (Lipinski definition) is 5. The van der Waals surface area contributed by atoms with Crippen LogP contribution in [0, 0.1) is 6.92 Å². The van der Waals surface area contributed by atoms with Crippen LogP contribution in [0.2, 0.25) is 0 Å². The molecule has 6 nitrogen and oxygen atoms in total. The molecule has 21 heavy (non-hydrogen) atoms. The number of carbonyl (C=O) groups is 1. The third kappa shape index (κ3) is 4.06. The molecule has 1 fully saturated rings. The Hall–Kier alpha value is -1.85. The monoisotopic (exact) mass is 292 g/mol. The van der Waals surface area contributed by atoms with Crippen LogP contribution in [0.1, 0.15) is 33.4 Å². The van der Waals surface area contributed by atoms with Crippen LogP contribution in [0.3, 0.4) is 0 Å². The average molecular weight is 292 g/mol. The third-order valence-electron chi connectivity index (χ3n) is 3.32. The van der Waals surface area contributed by atoms with Gasteiger partial charge in [-0.05, 0) is 40.7 Å². The Kier molecular flexibility index (Phi) is 4.34. The highest BCUT2D eigenvalue weighted by Crippen LogP contribution is 2.18. The molecule has 1 aliphatic heterocycles. The summed E-state index contributed by atoms with van der Waals surface area (Å²) in [5.74, 6) is 0.728. The van der Waals surface area contributed by atoms with E-state index in [2.05, 4.69) is 21.8 Å². The van der Waals surface area contributed by atoms with Crippen molar-refractivity contribution in [3.63, 3.8) is 0 Å². The SMILES string of the molecule is Cc1ccnc(N2CCN(C(=O)OC(C)(C)C)CC2C)n1. The molecule has 1 aromatic heterocycles. The van der Waals surface area contributed by atoms with Gasteiger partial charge in [-0.25, -0.2) is 14.8 Å². The van der Waals surface area contributed by atoms with Gasteiger partial charge in [-0.2, -0.15) is 0 Å². The van der Waals surface area contributed by atoms with E-state index in [4.69, 9.17) is 4.74 Å². The average Bonchev–Trinajstić information content (AvgIpc) is 2.36. The van der Waals surface area contributed by atoms with E-state index >= 15 is 0 Å². The lowest BCUT2D eigenvalue weighted by molar-refractivity contribution is 0.0218. The van der Waals surface area contributed by atoms with E-state index in [1.54, 1.807) is 11.1 Å². The second kappa shape index (κ2) is 5.87. The minimum absolute atomic E-state index is 0.160. The van der Waals surface area contributed by atoms with Crippen LogP contribution in [-0.4, -0.2) is 52.2 Å². The summed E-state index contributed by atoms with van der Waals surface area (Å²) in [6, 6.07) is 2.04. The Bertz CT molecular complexity index is 513. The number of anilines is 1. The predicted molar refractivity (Wildman–Crippen MR) is 81.4 cm³/mol. The van der Waals surface area contributed by atoms with Crippen molar-refractivity contribution in [3.8, 4) is 0 Å². The highest BCUT2D eigenvalue weighted by molar-refractivity contribution is 5.68. The largest absolute Gasteiger partial charge is 0.444 e. The third-order valence-corrected chi connectivity index (χ3v) is 3.32. The van der Waals surface area contributed by atoms with Crippen molar-refractivity contribution in [3.05, 3.63) is 18.0 Å². The fraction of sp³-hybridized carbons (Fsp3) is 0.667. The van der Waals surface area contributed by atoms with Gasteiger partial charge in [0.15, 0.2) is 0 Å². The number of hydrogen-bond donors (Lipinski definition) is 0. The quantitative estimate of drug-likeness (QED) is 0.794.